The molecule has 1 rings (SSSR count). The van der Waals surface area contributed by atoms with Crippen molar-refractivity contribution in [1.29, 1.82) is 0 Å². The third-order valence-corrected chi connectivity index (χ3v) is 3.86. The molecular formula is C13H20FNO3S. The Bertz CT molecular complexity index is 488. The molecule has 1 aromatic carbocycles. The van der Waals surface area contributed by atoms with E-state index in [1.807, 2.05) is 13.8 Å². The van der Waals surface area contributed by atoms with Crippen LogP contribution in [0.2, 0.25) is 0 Å². The van der Waals surface area contributed by atoms with Crippen molar-refractivity contribution in [2.75, 3.05) is 18.9 Å². The predicted octanol–water partition coefficient (Wildman–Crippen LogP) is 1.71. The summed E-state index contributed by atoms with van der Waals surface area (Å²) in [5, 5.41) is 0. The van der Waals surface area contributed by atoms with Crippen molar-refractivity contribution in [3.8, 4) is 0 Å². The fourth-order valence-electron chi connectivity index (χ4n) is 1.51. The summed E-state index contributed by atoms with van der Waals surface area (Å²) in [6.07, 6.45) is 0.232. The maximum absolute atomic E-state index is 13.3. The van der Waals surface area contributed by atoms with Gasteiger partial charge in [-0.05, 0) is 31.9 Å². The average molecular weight is 289 g/mol. The second-order valence-corrected chi connectivity index (χ2v) is 6.40. The van der Waals surface area contributed by atoms with E-state index in [0.717, 1.165) is 0 Å². The number of ether oxygens (including phenoxy) is 1. The molecule has 0 amide bonds. The van der Waals surface area contributed by atoms with Gasteiger partial charge in [0.05, 0.1) is 18.5 Å². The van der Waals surface area contributed by atoms with E-state index in [1.54, 1.807) is 18.2 Å². The monoisotopic (exact) mass is 289 g/mol. The van der Waals surface area contributed by atoms with Crippen LogP contribution in [0.4, 0.5) is 4.39 Å². The number of halogens is 1. The van der Waals surface area contributed by atoms with Gasteiger partial charge in [0.15, 0.2) is 0 Å². The Morgan fingerprint density at radius 2 is 2.00 bits per heavy atom. The number of aryl methyl sites for hydroxylation is 1. The van der Waals surface area contributed by atoms with Crippen molar-refractivity contribution in [1.82, 2.24) is 4.72 Å². The minimum atomic E-state index is -3.39. The van der Waals surface area contributed by atoms with Gasteiger partial charge in [-0.15, -0.1) is 0 Å². The Morgan fingerprint density at radius 3 is 2.63 bits per heavy atom. The zero-order chi connectivity index (χ0) is 14.3. The lowest BCUT2D eigenvalue weighted by atomic mass is 10.2. The number of sulfonamides is 1. The fourth-order valence-corrected chi connectivity index (χ4v) is 2.54. The molecule has 0 radical (unpaired) electrons. The maximum Gasteiger partial charge on any atom is 0.212 e. The molecule has 0 aliphatic rings. The summed E-state index contributed by atoms with van der Waals surface area (Å²) in [7, 11) is -3.39. The van der Waals surface area contributed by atoms with E-state index in [4.69, 9.17) is 4.74 Å². The molecule has 0 bridgehead atoms. The number of rotatable bonds is 8. The topological polar surface area (TPSA) is 55.4 Å². The van der Waals surface area contributed by atoms with Crippen LogP contribution < -0.4 is 4.72 Å². The standard InChI is InChI=1S/C13H20FNO3S/c1-11(2)18-9-8-15-19(16,17)10-7-12-5-3-4-6-13(12)14/h3-6,11,15H,7-10H2,1-2H3. The smallest absolute Gasteiger partial charge is 0.212 e. The Hall–Kier alpha value is -0.980. The summed E-state index contributed by atoms with van der Waals surface area (Å²) in [5.41, 5.74) is 0.409. The van der Waals surface area contributed by atoms with E-state index in [-0.39, 0.29) is 30.6 Å². The molecule has 1 N–H and O–H groups in total. The van der Waals surface area contributed by atoms with Gasteiger partial charge in [0.2, 0.25) is 10.0 Å². The van der Waals surface area contributed by atoms with Gasteiger partial charge in [0.25, 0.3) is 0 Å². The molecule has 0 aromatic heterocycles. The number of hydrogen-bond donors (Lipinski definition) is 1. The van der Waals surface area contributed by atoms with Crippen LogP contribution >= 0.6 is 0 Å². The fraction of sp³-hybridized carbons (Fsp3) is 0.538. The Balaban J connectivity index is 2.37. The molecule has 6 heteroatoms. The normalized spacial score (nSPS) is 12.0. The predicted molar refractivity (Wildman–Crippen MR) is 73.0 cm³/mol. The van der Waals surface area contributed by atoms with Crippen molar-refractivity contribution in [2.45, 2.75) is 26.4 Å². The maximum atomic E-state index is 13.3. The van der Waals surface area contributed by atoms with Gasteiger partial charge in [-0.25, -0.2) is 17.5 Å². The molecule has 19 heavy (non-hydrogen) atoms. The minimum Gasteiger partial charge on any atom is -0.377 e. The summed E-state index contributed by atoms with van der Waals surface area (Å²) in [5.74, 6) is -0.504. The summed E-state index contributed by atoms with van der Waals surface area (Å²) in [6.45, 7) is 4.33. The van der Waals surface area contributed by atoms with Crippen LogP contribution in [0, 0.1) is 5.82 Å². The van der Waals surface area contributed by atoms with Crippen LogP contribution in [-0.4, -0.2) is 33.4 Å². The van der Waals surface area contributed by atoms with E-state index in [9.17, 15) is 12.8 Å². The van der Waals surface area contributed by atoms with E-state index in [1.165, 1.54) is 6.07 Å². The molecule has 0 aliphatic carbocycles. The first kappa shape index (κ1) is 16.1. The third-order valence-electron chi connectivity index (χ3n) is 2.47. The van der Waals surface area contributed by atoms with Gasteiger partial charge < -0.3 is 4.74 Å². The zero-order valence-electron chi connectivity index (χ0n) is 11.2. The van der Waals surface area contributed by atoms with Crippen molar-refractivity contribution in [3.63, 3.8) is 0 Å². The van der Waals surface area contributed by atoms with Crippen LogP contribution in [0.1, 0.15) is 19.4 Å². The Labute approximate surface area is 114 Å². The van der Waals surface area contributed by atoms with Crippen LogP contribution in [0.3, 0.4) is 0 Å². The van der Waals surface area contributed by atoms with E-state index >= 15 is 0 Å². The van der Waals surface area contributed by atoms with Gasteiger partial charge in [-0.3, -0.25) is 0 Å². The van der Waals surface area contributed by atoms with Crippen LogP contribution in [0.5, 0.6) is 0 Å². The van der Waals surface area contributed by atoms with Crippen LogP contribution in [0.25, 0.3) is 0 Å². The lowest BCUT2D eigenvalue weighted by Crippen LogP contribution is -2.31. The van der Waals surface area contributed by atoms with E-state index < -0.39 is 10.0 Å². The lowest BCUT2D eigenvalue weighted by molar-refractivity contribution is 0.0834. The minimum absolute atomic E-state index is 0.0721. The first-order chi connectivity index (χ1) is 8.91. The Morgan fingerprint density at radius 1 is 1.32 bits per heavy atom. The van der Waals surface area contributed by atoms with Crippen LogP contribution in [0.15, 0.2) is 24.3 Å². The molecule has 0 aliphatic heterocycles. The summed E-state index contributed by atoms with van der Waals surface area (Å²) in [4.78, 5) is 0. The first-order valence-electron chi connectivity index (χ1n) is 6.23. The van der Waals surface area contributed by atoms with E-state index in [2.05, 4.69) is 4.72 Å². The lowest BCUT2D eigenvalue weighted by Gasteiger charge is -2.09. The first-order valence-corrected chi connectivity index (χ1v) is 7.88. The molecule has 0 unspecified atom stereocenters. The number of hydrogen-bond acceptors (Lipinski definition) is 3. The van der Waals surface area contributed by atoms with Gasteiger partial charge in [0.1, 0.15) is 5.82 Å². The summed E-state index contributed by atoms with van der Waals surface area (Å²) >= 11 is 0. The highest BCUT2D eigenvalue weighted by molar-refractivity contribution is 7.89. The van der Waals surface area contributed by atoms with Crippen molar-refractivity contribution < 1.29 is 17.5 Å². The average Bonchev–Trinajstić information content (AvgIpc) is 2.34. The highest BCUT2D eigenvalue weighted by atomic mass is 32.2. The highest BCUT2D eigenvalue weighted by Crippen LogP contribution is 2.07. The summed E-state index contributed by atoms with van der Waals surface area (Å²) in [6, 6.07) is 6.18. The van der Waals surface area contributed by atoms with Crippen molar-refractivity contribution >= 4 is 10.0 Å². The molecule has 1 aromatic rings. The van der Waals surface area contributed by atoms with Gasteiger partial charge >= 0.3 is 0 Å². The molecule has 0 saturated carbocycles. The zero-order valence-corrected chi connectivity index (χ0v) is 12.0. The van der Waals surface area contributed by atoms with E-state index in [0.29, 0.717) is 12.2 Å². The van der Waals surface area contributed by atoms with Crippen molar-refractivity contribution in [3.05, 3.63) is 35.6 Å². The highest BCUT2D eigenvalue weighted by Gasteiger charge is 2.11. The Kier molecular flexibility index (Phi) is 6.41. The largest absolute Gasteiger partial charge is 0.377 e. The molecule has 0 atom stereocenters. The molecule has 0 saturated heterocycles. The third kappa shape index (κ3) is 6.66. The van der Waals surface area contributed by atoms with Crippen molar-refractivity contribution in [2.24, 2.45) is 0 Å². The van der Waals surface area contributed by atoms with Crippen LogP contribution in [-0.2, 0) is 21.2 Å². The molecule has 0 fully saturated rings. The summed E-state index contributed by atoms with van der Waals surface area (Å²) < 4.78 is 44.3. The molecule has 0 spiro atoms. The second kappa shape index (κ2) is 7.57. The number of nitrogens with one attached hydrogen (secondary N) is 1. The van der Waals surface area contributed by atoms with Gasteiger partial charge in [0, 0.05) is 6.54 Å². The van der Waals surface area contributed by atoms with Gasteiger partial charge in [-0.2, -0.15) is 0 Å². The molecule has 0 heterocycles. The quantitative estimate of drug-likeness (QED) is 0.741. The molecular weight excluding hydrogens is 269 g/mol. The number of benzene rings is 1. The molecule has 4 nitrogen and oxygen atoms in total. The second-order valence-electron chi connectivity index (χ2n) is 4.47. The molecule has 108 valence electrons. The SMILES string of the molecule is CC(C)OCCNS(=O)(=O)CCc1ccccc1F. The van der Waals surface area contributed by atoms with Gasteiger partial charge in [-0.1, -0.05) is 18.2 Å².